The summed E-state index contributed by atoms with van der Waals surface area (Å²) in [4.78, 5) is 2.34. The second kappa shape index (κ2) is 6.59. The van der Waals surface area contributed by atoms with Gasteiger partial charge in [-0.25, -0.2) is 0 Å². The van der Waals surface area contributed by atoms with E-state index in [1.54, 1.807) is 0 Å². The van der Waals surface area contributed by atoms with Gasteiger partial charge in [0.05, 0.1) is 8.07 Å². The molecule has 0 amide bonds. The maximum Gasteiger partial charge on any atom is 0.107 e. The van der Waals surface area contributed by atoms with Gasteiger partial charge in [0, 0.05) is 6.61 Å². The van der Waals surface area contributed by atoms with Gasteiger partial charge in [-0.1, -0.05) is 33.0 Å². The maximum atomic E-state index is 5.74. The van der Waals surface area contributed by atoms with Crippen molar-refractivity contribution in [2.24, 2.45) is 0 Å². The predicted molar refractivity (Wildman–Crippen MR) is 66.3 cm³/mol. The molecule has 0 aliphatic rings. The van der Waals surface area contributed by atoms with Crippen LogP contribution >= 0.6 is 0 Å². The molecular weight excluding hydrogens is 190 g/mol. The van der Waals surface area contributed by atoms with E-state index in [0.29, 0.717) is 0 Å². The number of hydrogen-bond acceptors (Lipinski definition) is 2. The summed E-state index contributed by atoms with van der Waals surface area (Å²) < 4.78 is 5.74. The second-order valence-corrected chi connectivity index (χ2v) is 10.7. The highest BCUT2D eigenvalue weighted by atomic mass is 28.3. The third-order valence-corrected chi connectivity index (χ3v) is 3.65. The number of unbranched alkanes of at least 4 members (excludes halogenated alkanes) is 1. The van der Waals surface area contributed by atoms with Crippen LogP contribution in [0.5, 0.6) is 0 Å². The first-order chi connectivity index (χ1) is 6.37. The zero-order chi connectivity index (χ0) is 11.2. The Balaban J connectivity index is 3.70. The van der Waals surface area contributed by atoms with Crippen LogP contribution in [-0.4, -0.2) is 39.0 Å². The van der Waals surface area contributed by atoms with E-state index in [9.17, 15) is 0 Å². The monoisotopic (exact) mass is 217 g/mol. The summed E-state index contributed by atoms with van der Waals surface area (Å²) in [7, 11) is 1.18. The van der Waals surface area contributed by atoms with Crippen LogP contribution in [0.4, 0.5) is 0 Å². The number of nitrogens with zero attached hydrogens (tertiary/aromatic N) is 1. The Morgan fingerprint density at radius 1 is 1.29 bits per heavy atom. The summed E-state index contributed by atoms with van der Waals surface area (Å²) in [5.74, 6) is 0. The van der Waals surface area contributed by atoms with Crippen LogP contribution in [0.15, 0.2) is 0 Å². The fraction of sp³-hybridized carbons (Fsp3) is 1.00. The van der Waals surface area contributed by atoms with Gasteiger partial charge in [-0.2, -0.15) is 0 Å². The Morgan fingerprint density at radius 2 is 1.86 bits per heavy atom. The molecule has 0 aromatic carbocycles. The van der Waals surface area contributed by atoms with Gasteiger partial charge in [0.2, 0.25) is 0 Å². The summed E-state index contributed by atoms with van der Waals surface area (Å²) >= 11 is 0. The molecule has 86 valence electrons. The third kappa shape index (κ3) is 7.53. The molecular formula is C11H27NOSi. The molecule has 0 rings (SSSR count). The van der Waals surface area contributed by atoms with Crippen molar-refractivity contribution in [2.75, 3.05) is 19.8 Å². The number of hydrogen-bond donors (Lipinski definition) is 0. The zero-order valence-electron chi connectivity index (χ0n) is 10.8. The first kappa shape index (κ1) is 14.1. The van der Waals surface area contributed by atoms with Gasteiger partial charge < -0.3 is 4.74 Å². The van der Waals surface area contributed by atoms with Crippen molar-refractivity contribution in [1.82, 2.24) is 4.90 Å². The molecule has 0 radical (unpaired) electrons. The molecule has 0 spiro atoms. The molecule has 0 heterocycles. The number of ether oxygens (including phenoxy) is 1. The van der Waals surface area contributed by atoms with E-state index in [4.69, 9.17) is 4.74 Å². The maximum absolute atomic E-state index is 5.74. The average molecular weight is 217 g/mol. The lowest BCUT2D eigenvalue weighted by Crippen LogP contribution is -2.43. The molecule has 14 heavy (non-hydrogen) atoms. The Kier molecular flexibility index (Phi) is 6.65. The summed E-state index contributed by atoms with van der Waals surface area (Å²) in [5.41, 5.74) is 0. The largest absolute Gasteiger partial charge is 0.363 e. The van der Waals surface area contributed by atoms with E-state index < -0.39 is 8.07 Å². The first-order valence-electron chi connectivity index (χ1n) is 5.68. The van der Waals surface area contributed by atoms with Crippen molar-refractivity contribution < 1.29 is 4.74 Å². The summed E-state index contributed by atoms with van der Waals surface area (Å²) in [6.45, 7) is 12.4. The van der Waals surface area contributed by atoms with Gasteiger partial charge in [-0.15, -0.1) is 0 Å². The number of rotatable bonds is 7. The first-order valence-corrected chi connectivity index (χ1v) is 9.39. The Morgan fingerprint density at radius 3 is 2.29 bits per heavy atom. The topological polar surface area (TPSA) is 12.5 Å². The lowest BCUT2D eigenvalue weighted by molar-refractivity contribution is -0.0284. The Bertz CT molecular complexity index is 145. The normalized spacial score (nSPS) is 14.8. The van der Waals surface area contributed by atoms with Gasteiger partial charge >= 0.3 is 0 Å². The summed E-state index contributed by atoms with van der Waals surface area (Å²) in [5, 5.41) is 0. The Hall–Kier alpha value is 0.137. The summed E-state index contributed by atoms with van der Waals surface area (Å²) in [6.07, 6.45) is 3.86. The van der Waals surface area contributed by atoms with Gasteiger partial charge in [0.1, 0.15) is 6.23 Å². The van der Waals surface area contributed by atoms with Crippen LogP contribution in [0, 0.1) is 0 Å². The standard InChI is InChI=1S/C11H27NOSi/c1-7-8-9-13-11(2)12(3)10-14(4,5)6/h11H,7-10H2,1-6H3. The second-order valence-electron chi connectivity index (χ2n) is 5.30. The van der Waals surface area contributed by atoms with Crippen molar-refractivity contribution >= 4 is 8.07 Å². The fourth-order valence-corrected chi connectivity index (χ4v) is 3.16. The average Bonchev–Trinajstić information content (AvgIpc) is 2.01. The van der Waals surface area contributed by atoms with Crippen LogP contribution in [0.25, 0.3) is 0 Å². The predicted octanol–water partition coefficient (Wildman–Crippen LogP) is 2.96. The molecule has 1 unspecified atom stereocenters. The van der Waals surface area contributed by atoms with Crippen LogP contribution < -0.4 is 0 Å². The van der Waals surface area contributed by atoms with Gasteiger partial charge in [0.25, 0.3) is 0 Å². The Labute approximate surface area is 90.6 Å². The molecule has 0 N–H and O–H groups in total. The molecule has 0 saturated carbocycles. The minimum absolute atomic E-state index is 0.272. The summed E-state index contributed by atoms with van der Waals surface area (Å²) in [6, 6.07) is 0. The fourth-order valence-electron chi connectivity index (χ4n) is 1.40. The minimum atomic E-state index is -0.985. The van der Waals surface area contributed by atoms with Crippen molar-refractivity contribution in [3.63, 3.8) is 0 Å². The lowest BCUT2D eigenvalue weighted by Gasteiger charge is -2.30. The van der Waals surface area contributed by atoms with Crippen LogP contribution in [-0.2, 0) is 4.74 Å². The molecule has 0 aromatic rings. The highest BCUT2D eigenvalue weighted by molar-refractivity contribution is 6.76. The van der Waals surface area contributed by atoms with Crippen LogP contribution in [0.3, 0.4) is 0 Å². The lowest BCUT2D eigenvalue weighted by atomic mass is 10.4. The van der Waals surface area contributed by atoms with Crippen molar-refractivity contribution in [2.45, 2.75) is 52.6 Å². The van der Waals surface area contributed by atoms with Crippen LogP contribution in [0.1, 0.15) is 26.7 Å². The molecule has 0 fully saturated rings. The van der Waals surface area contributed by atoms with Gasteiger partial charge in [-0.05, 0) is 26.6 Å². The molecule has 0 aliphatic carbocycles. The van der Waals surface area contributed by atoms with Crippen molar-refractivity contribution in [3.8, 4) is 0 Å². The van der Waals surface area contributed by atoms with E-state index in [2.05, 4.69) is 45.4 Å². The molecule has 0 saturated heterocycles. The van der Waals surface area contributed by atoms with E-state index in [1.807, 2.05) is 0 Å². The third-order valence-electron chi connectivity index (χ3n) is 2.20. The van der Waals surface area contributed by atoms with E-state index in [0.717, 1.165) is 6.61 Å². The zero-order valence-corrected chi connectivity index (χ0v) is 11.8. The highest BCUT2D eigenvalue weighted by Gasteiger charge is 2.19. The molecule has 0 aromatic heterocycles. The van der Waals surface area contributed by atoms with Gasteiger partial charge in [0.15, 0.2) is 0 Å². The molecule has 0 aliphatic heterocycles. The molecule has 1 atom stereocenters. The molecule has 2 nitrogen and oxygen atoms in total. The van der Waals surface area contributed by atoms with Crippen LogP contribution in [0.2, 0.25) is 19.6 Å². The smallest absolute Gasteiger partial charge is 0.107 e. The van der Waals surface area contributed by atoms with Crippen molar-refractivity contribution in [1.29, 1.82) is 0 Å². The SMILES string of the molecule is CCCCOC(C)N(C)C[Si](C)(C)C. The quantitative estimate of drug-likeness (QED) is 0.369. The molecule has 3 heteroatoms. The molecule has 0 bridgehead atoms. The minimum Gasteiger partial charge on any atom is -0.363 e. The van der Waals surface area contributed by atoms with Gasteiger partial charge in [-0.3, -0.25) is 4.90 Å². The van der Waals surface area contributed by atoms with E-state index >= 15 is 0 Å². The van der Waals surface area contributed by atoms with E-state index in [-0.39, 0.29) is 6.23 Å². The highest BCUT2D eigenvalue weighted by Crippen LogP contribution is 2.07. The van der Waals surface area contributed by atoms with Crippen molar-refractivity contribution in [3.05, 3.63) is 0 Å². The van der Waals surface area contributed by atoms with E-state index in [1.165, 1.54) is 19.0 Å².